The van der Waals surface area contributed by atoms with Gasteiger partial charge in [-0.15, -0.1) is 21.5 Å². The lowest BCUT2D eigenvalue weighted by atomic mass is 9.69. The van der Waals surface area contributed by atoms with E-state index in [1.807, 2.05) is 30.4 Å². The number of likely N-dealkylation sites (tertiary alicyclic amines) is 2. The van der Waals surface area contributed by atoms with E-state index in [2.05, 4.69) is 130 Å². The first-order valence-electron chi connectivity index (χ1n) is 21.0. The van der Waals surface area contributed by atoms with Gasteiger partial charge in [-0.2, -0.15) is 0 Å². The average Bonchev–Trinajstić information content (AvgIpc) is 3.70. The fourth-order valence-corrected chi connectivity index (χ4v) is 11.1. The second-order valence-corrected chi connectivity index (χ2v) is 18.3. The van der Waals surface area contributed by atoms with Gasteiger partial charge in [0.1, 0.15) is 28.4 Å². The van der Waals surface area contributed by atoms with E-state index in [0.29, 0.717) is 23.5 Å². The topological polar surface area (TPSA) is 79.0 Å². The molecule has 6 aromatic rings. The number of aliphatic imine (C=N–C) groups is 1. The summed E-state index contributed by atoms with van der Waals surface area (Å²) in [6.07, 6.45) is 2.04. The van der Waals surface area contributed by atoms with Crippen molar-refractivity contribution in [1.29, 1.82) is 0 Å². The standard InChI is InChI=1S/C49H52N6O2S/c1-30-32(3)58-49-45(30)47(50-31(2)48-52-51-33(4)55(48)49)38-12-10-35(11-13-38)40-27-54(28-40)23-22-53-25-34(26-53)29-57-42-18-14-37(15-19-42)46-43(36-8-6-5-7-9-36)20-16-39-24-41(56)17-21-44(39)46/h5-15,17-19,21,24,31,34,40,43,46,56H,16,20,22-23,25-29H2,1-4H3/t31-,43-,46+/m0/s1. The van der Waals surface area contributed by atoms with Crippen molar-refractivity contribution in [2.75, 3.05) is 45.9 Å². The summed E-state index contributed by atoms with van der Waals surface area (Å²) < 4.78 is 8.54. The molecule has 9 heteroatoms. The van der Waals surface area contributed by atoms with Crippen LogP contribution in [0.1, 0.15) is 98.2 Å². The van der Waals surface area contributed by atoms with Gasteiger partial charge >= 0.3 is 0 Å². The summed E-state index contributed by atoms with van der Waals surface area (Å²) in [5.41, 5.74) is 11.4. The van der Waals surface area contributed by atoms with Crippen molar-refractivity contribution in [2.45, 2.75) is 64.3 Å². The summed E-state index contributed by atoms with van der Waals surface area (Å²) in [6.45, 7) is 16.0. The lowest BCUT2D eigenvalue weighted by Crippen LogP contribution is -2.54. The fourth-order valence-electron chi connectivity index (χ4n) is 9.87. The van der Waals surface area contributed by atoms with E-state index in [1.165, 1.54) is 54.4 Å². The molecule has 0 spiro atoms. The first-order chi connectivity index (χ1) is 28.3. The predicted molar refractivity (Wildman–Crippen MR) is 232 cm³/mol. The molecule has 4 aromatic carbocycles. The normalized spacial score (nSPS) is 21.0. The Kier molecular flexibility index (Phi) is 9.78. The van der Waals surface area contributed by atoms with Crippen molar-refractivity contribution in [2.24, 2.45) is 10.9 Å². The summed E-state index contributed by atoms with van der Waals surface area (Å²) >= 11 is 1.81. The number of fused-ring (bicyclic) bond motifs is 4. The van der Waals surface area contributed by atoms with Crippen molar-refractivity contribution >= 4 is 17.0 Å². The molecule has 1 N–H and O–H groups in total. The van der Waals surface area contributed by atoms with E-state index in [-0.39, 0.29) is 12.0 Å². The Balaban J connectivity index is 0.696. The number of phenols is 1. The van der Waals surface area contributed by atoms with Crippen LogP contribution in [0.25, 0.3) is 5.00 Å². The molecule has 2 fully saturated rings. The van der Waals surface area contributed by atoms with Gasteiger partial charge in [0.25, 0.3) is 0 Å². The minimum atomic E-state index is -0.0692. The Hall–Kier alpha value is -5.09. The number of aromatic hydroxyl groups is 1. The molecule has 0 unspecified atom stereocenters. The molecule has 2 aromatic heterocycles. The first kappa shape index (κ1) is 37.2. The highest BCUT2D eigenvalue weighted by atomic mass is 32.1. The quantitative estimate of drug-likeness (QED) is 0.149. The van der Waals surface area contributed by atoms with Gasteiger partial charge < -0.3 is 19.6 Å². The molecular weight excluding hydrogens is 737 g/mol. The average molecular weight is 789 g/mol. The molecule has 2 saturated heterocycles. The highest BCUT2D eigenvalue weighted by Gasteiger charge is 2.34. The molecule has 4 aliphatic rings. The van der Waals surface area contributed by atoms with Crippen LogP contribution in [-0.2, 0) is 6.42 Å². The Morgan fingerprint density at radius 1 is 0.793 bits per heavy atom. The maximum absolute atomic E-state index is 10.2. The third kappa shape index (κ3) is 6.87. The van der Waals surface area contributed by atoms with Crippen LogP contribution in [0, 0.1) is 26.7 Å². The van der Waals surface area contributed by atoms with Crippen molar-refractivity contribution in [3.63, 3.8) is 0 Å². The second-order valence-electron chi connectivity index (χ2n) is 17.1. The summed E-state index contributed by atoms with van der Waals surface area (Å²) in [4.78, 5) is 11.7. The van der Waals surface area contributed by atoms with Crippen molar-refractivity contribution in [3.05, 3.63) is 158 Å². The van der Waals surface area contributed by atoms with Gasteiger partial charge in [-0.25, -0.2) is 0 Å². The van der Waals surface area contributed by atoms with Crippen molar-refractivity contribution in [3.8, 4) is 16.5 Å². The summed E-state index contributed by atoms with van der Waals surface area (Å²) in [7, 11) is 0. The fraction of sp³-hybridized carbons (Fsp3) is 0.367. The molecule has 5 heterocycles. The van der Waals surface area contributed by atoms with E-state index >= 15 is 0 Å². The van der Waals surface area contributed by atoms with Crippen LogP contribution in [-0.4, -0.2) is 81.3 Å². The van der Waals surface area contributed by atoms with E-state index in [1.54, 1.807) is 0 Å². The van der Waals surface area contributed by atoms with Crippen molar-refractivity contribution in [1.82, 2.24) is 24.6 Å². The van der Waals surface area contributed by atoms with Gasteiger partial charge in [0, 0.05) is 73.0 Å². The third-order valence-corrected chi connectivity index (χ3v) is 14.5. The number of thiophene rings is 1. The highest BCUT2D eigenvalue weighted by Crippen LogP contribution is 2.47. The van der Waals surface area contributed by atoms with Gasteiger partial charge in [0.15, 0.2) is 5.82 Å². The number of aryl methyl sites for hydroxylation is 3. The molecule has 3 aliphatic heterocycles. The summed E-state index contributed by atoms with van der Waals surface area (Å²) in [5, 5.41) is 20.3. The Morgan fingerprint density at radius 2 is 1.52 bits per heavy atom. The zero-order valence-electron chi connectivity index (χ0n) is 33.9. The van der Waals surface area contributed by atoms with Crippen LogP contribution in [0.3, 0.4) is 0 Å². The van der Waals surface area contributed by atoms with Crippen LogP contribution < -0.4 is 4.74 Å². The number of hydrogen-bond donors (Lipinski definition) is 1. The Labute approximate surface area is 345 Å². The number of rotatable bonds is 10. The molecule has 0 amide bonds. The highest BCUT2D eigenvalue weighted by molar-refractivity contribution is 7.15. The molecule has 0 saturated carbocycles. The number of hydrogen-bond acceptors (Lipinski definition) is 8. The van der Waals surface area contributed by atoms with Crippen molar-refractivity contribution < 1.29 is 9.84 Å². The maximum Gasteiger partial charge on any atom is 0.162 e. The van der Waals surface area contributed by atoms with Crippen LogP contribution in [0.5, 0.6) is 11.5 Å². The monoisotopic (exact) mass is 788 g/mol. The molecule has 296 valence electrons. The number of benzene rings is 4. The number of ether oxygens (including phenoxy) is 1. The van der Waals surface area contributed by atoms with Gasteiger partial charge in [-0.1, -0.05) is 72.8 Å². The Bertz CT molecular complexity index is 2460. The van der Waals surface area contributed by atoms with Gasteiger partial charge in [-0.05, 0) is 104 Å². The van der Waals surface area contributed by atoms with Crippen LogP contribution in [0.15, 0.2) is 102 Å². The molecule has 10 rings (SSSR count). The zero-order chi connectivity index (χ0) is 39.5. The minimum Gasteiger partial charge on any atom is -0.508 e. The lowest BCUT2D eigenvalue weighted by Gasteiger charge is -2.44. The Morgan fingerprint density at radius 3 is 2.28 bits per heavy atom. The minimum absolute atomic E-state index is 0.0692. The largest absolute Gasteiger partial charge is 0.508 e. The van der Waals surface area contributed by atoms with Gasteiger partial charge in [-0.3, -0.25) is 9.56 Å². The number of aromatic nitrogens is 3. The van der Waals surface area contributed by atoms with Crippen LogP contribution in [0.2, 0.25) is 0 Å². The lowest BCUT2D eigenvalue weighted by molar-refractivity contribution is 0.0414. The molecule has 1 aliphatic carbocycles. The molecular formula is C49H52N6O2S. The molecule has 3 atom stereocenters. The SMILES string of the molecule is Cc1sc2c(c1C)C(c1ccc(C3CN(CCN4CC(COc5ccc([C@H]6c7ccc(O)cc7CC[C@H]6c6ccccc6)cc5)C4)C3)cc1)=N[C@@H](C)c1nnc(C)n1-2. The maximum atomic E-state index is 10.2. The number of phenolic OH excluding ortho intramolecular Hbond substituents is 1. The molecule has 0 radical (unpaired) electrons. The van der Waals surface area contributed by atoms with E-state index in [4.69, 9.17) is 9.73 Å². The zero-order valence-corrected chi connectivity index (χ0v) is 34.8. The third-order valence-electron chi connectivity index (χ3n) is 13.3. The second kappa shape index (κ2) is 15.3. The van der Waals surface area contributed by atoms with E-state index in [9.17, 15) is 5.11 Å². The predicted octanol–water partition coefficient (Wildman–Crippen LogP) is 9.14. The summed E-state index contributed by atoms with van der Waals surface area (Å²) in [6, 6.07) is 34.8. The van der Waals surface area contributed by atoms with Gasteiger partial charge in [0.05, 0.1) is 12.3 Å². The van der Waals surface area contributed by atoms with Gasteiger partial charge in [0.2, 0.25) is 0 Å². The number of nitrogens with zero attached hydrogens (tertiary/aromatic N) is 6. The molecule has 8 nitrogen and oxygen atoms in total. The smallest absolute Gasteiger partial charge is 0.162 e. The van der Waals surface area contributed by atoms with Crippen LogP contribution in [0.4, 0.5) is 0 Å². The molecule has 58 heavy (non-hydrogen) atoms. The molecule has 0 bridgehead atoms. The van der Waals surface area contributed by atoms with E-state index in [0.717, 1.165) is 81.8 Å². The van der Waals surface area contributed by atoms with Crippen LogP contribution >= 0.6 is 11.3 Å². The summed E-state index contributed by atoms with van der Waals surface area (Å²) in [5.74, 6) is 4.92. The van der Waals surface area contributed by atoms with E-state index < -0.39 is 0 Å². The first-order valence-corrected chi connectivity index (χ1v) is 21.8.